The largest absolute Gasteiger partial charge is 0.196 e. The molecular formula is C23H25B. The van der Waals surface area contributed by atoms with Crippen molar-refractivity contribution in [2.75, 3.05) is 0 Å². The fourth-order valence-corrected chi connectivity index (χ4v) is 5.32. The van der Waals surface area contributed by atoms with Crippen LogP contribution in [0.25, 0.3) is 10.8 Å². The smallest absolute Gasteiger partial charge is 0.0782 e. The normalized spacial score (nSPS) is 18.0. The van der Waals surface area contributed by atoms with E-state index in [1.807, 2.05) is 0 Å². The minimum atomic E-state index is 0.0884. The minimum Gasteiger partial charge on any atom is -0.0782 e. The molecule has 120 valence electrons. The van der Waals surface area contributed by atoms with Crippen molar-refractivity contribution in [2.24, 2.45) is 0 Å². The zero-order valence-corrected chi connectivity index (χ0v) is 15.4. The molecule has 0 spiro atoms. The number of aryl methyl sites for hydroxylation is 1. The Morgan fingerprint density at radius 2 is 1.29 bits per heavy atom. The molecule has 0 radical (unpaired) electrons. The molecule has 0 nitrogen and oxygen atoms in total. The van der Waals surface area contributed by atoms with Crippen LogP contribution in [0.5, 0.6) is 0 Å². The van der Waals surface area contributed by atoms with Crippen LogP contribution in [0.15, 0.2) is 60.7 Å². The molecule has 1 heterocycles. The molecule has 3 aromatic rings. The lowest BCUT2D eigenvalue weighted by atomic mass is 9.17. The molecule has 1 heteroatoms. The van der Waals surface area contributed by atoms with E-state index in [1.54, 1.807) is 0 Å². The van der Waals surface area contributed by atoms with E-state index < -0.39 is 0 Å². The van der Waals surface area contributed by atoms with Crippen LogP contribution >= 0.6 is 0 Å². The quantitative estimate of drug-likeness (QED) is 0.542. The summed E-state index contributed by atoms with van der Waals surface area (Å²) in [4.78, 5) is 0. The van der Waals surface area contributed by atoms with Crippen molar-refractivity contribution in [1.29, 1.82) is 0 Å². The number of hydrogen-bond acceptors (Lipinski definition) is 0. The van der Waals surface area contributed by atoms with Crippen molar-refractivity contribution in [3.8, 4) is 0 Å². The predicted molar refractivity (Wildman–Crippen MR) is 107 cm³/mol. The van der Waals surface area contributed by atoms with Gasteiger partial charge in [-0.2, -0.15) is 0 Å². The first-order valence-electron chi connectivity index (χ1n) is 8.93. The Hall–Kier alpha value is -2.02. The van der Waals surface area contributed by atoms with Crippen molar-refractivity contribution < 1.29 is 0 Å². The zero-order valence-electron chi connectivity index (χ0n) is 15.4. The highest BCUT2D eigenvalue weighted by Gasteiger charge is 2.51. The van der Waals surface area contributed by atoms with Crippen LogP contribution in [0.2, 0.25) is 0 Å². The van der Waals surface area contributed by atoms with Gasteiger partial charge in [-0.05, 0) is 45.0 Å². The van der Waals surface area contributed by atoms with Crippen LogP contribution in [-0.2, 0) is 10.6 Å². The molecule has 0 amide bonds. The van der Waals surface area contributed by atoms with E-state index in [1.165, 1.54) is 32.9 Å². The van der Waals surface area contributed by atoms with Gasteiger partial charge in [-0.3, -0.25) is 0 Å². The molecule has 0 unspecified atom stereocenters. The lowest BCUT2D eigenvalue weighted by Crippen LogP contribution is -2.61. The first kappa shape index (κ1) is 15.5. The van der Waals surface area contributed by atoms with Gasteiger partial charge in [-0.15, -0.1) is 0 Å². The van der Waals surface area contributed by atoms with E-state index in [2.05, 4.69) is 95.3 Å². The number of benzene rings is 3. The van der Waals surface area contributed by atoms with E-state index in [4.69, 9.17) is 0 Å². The summed E-state index contributed by atoms with van der Waals surface area (Å²) in [5, 5.41) is 3.08. The molecule has 0 fully saturated rings. The molecule has 0 aromatic heterocycles. The van der Waals surface area contributed by atoms with Gasteiger partial charge in [0.05, 0.1) is 0 Å². The highest BCUT2D eigenvalue weighted by atomic mass is 14.4. The molecule has 0 aliphatic carbocycles. The molecule has 0 saturated heterocycles. The fourth-order valence-electron chi connectivity index (χ4n) is 5.32. The minimum absolute atomic E-state index is 0.0884. The molecule has 3 aromatic carbocycles. The molecule has 4 rings (SSSR count). The van der Waals surface area contributed by atoms with Crippen molar-refractivity contribution >= 4 is 22.9 Å². The Morgan fingerprint density at radius 1 is 0.667 bits per heavy atom. The summed E-state index contributed by atoms with van der Waals surface area (Å²) < 4.78 is 0. The van der Waals surface area contributed by atoms with Gasteiger partial charge in [0.1, 0.15) is 0 Å². The summed E-state index contributed by atoms with van der Waals surface area (Å²) in [6, 6.07) is 22.6. The van der Waals surface area contributed by atoms with Gasteiger partial charge in [0.2, 0.25) is 0 Å². The van der Waals surface area contributed by atoms with E-state index in [0.29, 0.717) is 6.71 Å². The summed E-state index contributed by atoms with van der Waals surface area (Å²) >= 11 is 0. The third kappa shape index (κ3) is 1.94. The van der Waals surface area contributed by atoms with Gasteiger partial charge in [0, 0.05) is 0 Å². The topological polar surface area (TPSA) is 0 Å². The van der Waals surface area contributed by atoms with Crippen LogP contribution in [0.1, 0.15) is 44.4 Å². The average molecular weight is 312 g/mol. The lowest BCUT2D eigenvalue weighted by molar-refractivity contribution is 0.636. The summed E-state index contributed by atoms with van der Waals surface area (Å²) in [5.41, 5.74) is 5.80. The monoisotopic (exact) mass is 312 g/mol. The first-order valence-corrected chi connectivity index (χ1v) is 8.93. The summed E-state index contributed by atoms with van der Waals surface area (Å²) in [5.74, 6) is 0. The predicted octanol–water partition coefficient (Wildman–Crippen LogP) is 5.20. The number of hydrogen-bond donors (Lipinski definition) is 0. The molecule has 0 atom stereocenters. The van der Waals surface area contributed by atoms with E-state index >= 15 is 0 Å². The maximum absolute atomic E-state index is 2.42. The lowest BCUT2D eigenvalue weighted by Gasteiger charge is -2.48. The van der Waals surface area contributed by atoms with Crippen LogP contribution in [0.3, 0.4) is 0 Å². The molecule has 1 aliphatic heterocycles. The van der Waals surface area contributed by atoms with Crippen LogP contribution < -0.4 is 5.46 Å². The van der Waals surface area contributed by atoms with Gasteiger partial charge < -0.3 is 0 Å². The van der Waals surface area contributed by atoms with Gasteiger partial charge in [-0.25, -0.2) is 0 Å². The number of rotatable bonds is 1. The standard InChI is InChI=1S/C23H25B/c1-16-14-15-20-21-18(16)12-9-13-19(21)22(2,3)24(23(20,4)5)17-10-7-6-8-11-17/h6-15H,1-5H3. The third-order valence-corrected chi connectivity index (χ3v) is 6.22. The van der Waals surface area contributed by atoms with Gasteiger partial charge in [0.25, 0.3) is 0 Å². The second kappa shape index (κ2) is 4.99. The summed E-state index contributed by atoms with van der Waals surface area (Å²) in [7, 11) is 0. The van der Waals surface area contributed by atoms with Gasteiger partial charge in [-0.1, -0.05) is 93.8 Å². The Balaban J connectivity index is 2.11. The van der Waals surface area contributed by atoms with Crippen molar-refractivity contribution in [3.05, 3.63) is 77.4 Å². The Labute approximate surface area is 146 Å². The second-order valence-electron chi connectivity index (χ2n) is 8.45. The molecule has 1 aliphatic rings. The third-order valence-electron chi connectivity index (χ3n) is 6.22. The van der Waals surface area contributed by atoms with Crippen molar-refractivity contribution in [3.63, 3.8) is 0 Å². The highest BCUT2D eigenvalue weighted by molar-refractivity contribution is 6.79. The fraction of sp³-hybridized carbons (Fsp3) is 0.304. The summed E-state index contributed by atoms with van der Waals surface area (Å²) in [6.07, 6.45) is 0. The molecule has 0 bridgehead atoms. The van der Waals surface area contributed by atoms with Crippen molar-refractivity contribution in [1.82, 2.24) is 0 Å². The van der Waals surface area contributed by atoms with Crippen molar-refractivity contribution in [2.45, 2.75) is 45.2 Å². The molecule has 0 N–H and O–H groups in total. The highest BCUT2D eigenvalue weighted by Crippen LogP contribution is 2.48. The maximum atomic E-state index is 2.42. The average Bonchev–Trinajstić information content (AvgIpc) is 2.54. The summed E-state index contributed by atoms with van der Waals surface area (Å²) in [6.45, 7) is 12.4. The van der Waals surface area contributed by atoms with Crippen LogP contribution in [0.4, 0.5) is 0 Å². The maximum Gasteiger partial charge on any atom is 0.196 e. The SMILES string of the molecule is Cc1ccc2c3c(cccc13)C(C)(C)B(c1ccccc1)C2(C)C. The van der Waals surface area contributed by atoms with Gasteiger partial charge in [0.15, 0.2) is 6.71 Å². The second-order valence-corrected chi connectivity index (χ2v) is 8.45. The Morgan fingerprint density at radius 3 is 1.96 bits per heavy atom. The Kier molecular flexibility index (Phi) is 3.22. The van der Waals surface area contributed by atoms with Crippen LogP contribution in [-0.4, -0.2) is 6.71 Å². The molecular weight excluding hydrogens is 287 g/mol. The van der Waals surface area contributed by atoms with Crippen LogP contribution in [0, 0.1) is 6.92 Å². The Bertz CT molecular complexity index is 897. The van der Waals surface area contributed by atoms with E-state index in [0.717, 1.165) is 0 Å². The zero-order chi connectivity index (χ0) is 17.1. The van der Waals surface area contributed by atoms with E-state index in [-0.39, 0.29) is 10.6 Å². The van der Waals surface area contributed by atoms with E-state index in [9.17, 15) is 0 Å². The first-order chi connectivity index (χ1) is 11.3. The van der Waals surface area contributed by atoms with Gasteiger partial charge >= 0.3 is 0 Å². The molecule has 24 heavy (non-hydrogen) atoms. The molecule has 0 saturated carbocycles.